The van der Waals surface area contributed by atoms with Crippen molar-refractivity contribution in [1.29, 1.82) is 0 Å². The maximum atomic E-state index is 15.8. The Labute approximate surface area is 275 Å². The zero-order valence-electron chi connectivity index (χ0n) is 26.1. The first-order chi connectivity index (χ1) is 21.9. The Morgan fingerprint density at radius 2 is 0.915 bits per heavy atom. The van der Waals surface area contributed by atoms with Gasteiger partial charge in [0.15, 0.2) is 0 Å². The third kappa shape index (κ3) is 5.58. The minimum absolute atomic E-state index is 0.0515. The lowest BCUT2D eigenvalue weighted by atomic mass is 9.90. The minimum Gasteiger partial charge on any atom is -0.454 e. The lowest BCUT2D eigenvalue weighted by Crippen LogP contribution is -2.49. The number of ether oxygens (including phenoxy) is 2. The third-order valence-corrected chi connectivity index (χ3v) is 10.7. The van der Waals surface area contributed by atoms with Gasteiger partial charge in [-0.25, -0.2) is 9.59 Å². The Kier molecular flexibility index (Phi) is 9.00. The van der Waals surface area contributed by atoms with E-state index in [0.717, 1.165) is 0 Å². The van der Waals surface area contributed by atoms with E-state index in [1.165, 1.54) is 27.7 Å². The molecular formula is C35H30F6O4S2. The Bertz CT molecular complexity index is 1740. The van der Waals surface area contributed by atoms with Gasteiger partial charge in [-0.05, 0) is 63.8 Å². The van der Waals surface area contributed by atoms with E-state index in [9.17, 15) is 9.59 Å². The van der Waals surface area contributed by atoms with E-state index in [0.29, 0.717) is 33.8 Å². The van der Waals surface area contributed by atoms with Gasteiger partial charge in [-0.15, -0.1) is 22.7 Å². The average molecular weight is 693 g/mol. The predicted octanol–water partition coefficient (Wildman–Crippen LogP) is 10.7. The number of aryl methyl sites for hydroxylation is 2. The molecule has 4 nitrogen and oxygen atoms in total. The highest BCUT2D eigenvalue weighted by Gasteiger charge is 2.80. The van der Waals surface area contributed by atoms with Gasteiger partial charge in [0, 0.05) is 32.0 Å². The molecule has 0 N–H and O–H groups in total. The van der Waals surface area contributed by atoms with Crippen molar-refractivity contribution in [2.75, 3.05) is 0 Å². The maximum Gasteiger partial charge on any atom is 0.380 e. The highest BCUT2D eigenvalue weighted by molar-refractivity contribution is 7.14. The molecule has 0 spiro atoms. The van der Waals surface area contributed by atoms with Crippen LogP contribution in [0.2, 0.25) is 0 Å². The summed E-state index contributed by atoms with van der Waals surface area (Å²) in [5, 5.41) is 0. The van der Waals surface area contributed by atoms with E-state index in [1.807, 2.05) is 0 Å². The molecule has 0 amide bonds. The molecule has 5 rings (SSSR count). The first-order valence-corrected chi connectivity index (χ1v) is 16.2. The smallest absolute Gasteiger partial charge is 0.380 e. The van der Waals surface area contributed by atoms with Crippen LogP contribution in [0.1, 0.15) is 88.5 Å². The van der Waals surface area contributed by atoms with E-state index in [1.54, 1.807) is 74.5 Å². The number of carbonyl (C=O) groups is 2. The summed E-state index contributed by atoms with van der Waals surface area (Å²) < 4.78 is 105. The highest BCUT2D eigenvalue weighted by Crippen LogP contribution is 2.66. The number of halogens is 6. The third-order valence-electron chi connectivity index (χ3n) is 8.29. The zero-order valence-corrected chi connectivity index (χ0v) is 27.8. The van der Waals surface area contributed by atoms with Crippen molar-refractivity contribution < 1.29 is 45.4 Å². The summed E-state index contributed by atoms with van der Waals surface area (Å²) in [5.41, 5.74) is -3.44. The van der Waals surface area contributed by atoms with Crippen molar-refractivity contribution in [3.05, 3.63) is 114 Å². The van der Waals surface area contributed by atoms with Crippen molar-refractivity contribution in [3.63, 3.8) is 0 Å². The number of rotatable bonds is 8. The molecule has 0 saturated carbocycles. The van der Waals surface area contributed by atoms with Crippen LogP contribution in [0, 0.1) is 27.7 Å². The zero-order chi connectivity index (χ0) is 34.6. The second kappa shape index (κ2) is 12.3. The van der Waals surface area contributed by atoms with E-state index in [4.69, 9.17) is 9.47 Å². The van der Waals surface area contributed by atoms with Gasteiger partial charge in [-0.2, -0.15) is 26.3 Å². The first-order valence-electron chi connectivity index (χ1n) is 14.5. The summed E-state index contributed by atoms with van der Waals surface area (Å²) in [6, 6.07) is 17.3. The number of thiophene rings is 2. The number of benzene rings is 2. The van der Waals surface area contributed by atoms with Gasteiger partial charge in [0.2, 0.25) is 0 Å². The Morgan fingerprint density at radius 3 is 1.23 bits per heavy atom. The fourth-order valence-corrected chi connectivity index (χ4v) is 7.93. The molecule has 1 aliphatic rings. The summed E-state index contributed by atoms with van der Waals surface area (Å²) in [6.45, 7) is 8.25. The first kappa shape index (κ1) is 34.4. The summed E-state index contributed by atoms with van der Waals surface area (Å²) >= 11 is 1.38. The van der Waals surface area contributed by atoms with Gasteiger partial charge >= 0.3 is 29.7 Å². The number of allylic oxidation sites excluding steroid dienone is 2. The van der Waals surface area contributed by atoms with Gasteiger partial charge in [0.1, 0.15) is 22.0 Å². The molecule has 2 aromatic heterocycles. The monoisotopic (exact) mass is 692 g/mol. The normalized spacial score (nSPS) is 17.8. The van der Waals surface area contributed by atoms with Gasteiger partial charge in [-0.1, -0.05) is 60.7 Å². The second-order valence-electron chi connectivity index (χ2n) is 11.4. The van der Waals surface area contributed by atoms with Crippen LogP contribution >= 0.6 is 22.7 Å². The Hall–Kier alpha value is -3.90. The van der Waals surface area contributed by atoms with Crippen LogP contribution in [0.3, 0.4) is 0 Å². The summed E-state index contributed by atoms with van der Waals surface area (Å²) in [6.07, 6.45) is -1.49. The van der Waals surface area contributed by atoms with Crippen molar-refractivity contribution in [3.8, 4) is 0 Å². The van der Waals surface area contributed by atoms with Gasteiger partial charge in [0.05, 0.1) is 0 Å². The molecule has 0 radical (unpaired) electrons. The molecule has 0 unspecified atom stereocenters. The average Bonchev–Trinajstić information content (AvgIpc) is 3.52. The van der Waals surface area contributed by atoms with E-state index in [-0.39, 0.29) is 30.6 Å². The van der Waals surface area contributed by atoms with Crippen molar-refractivity contribution >= 4 is 45.8 Å². The molecule has 2 aromatic carbocycles. The molecule has 0 fully saturated rings. The summed E-state index contributed by atoms with van der Waals surface area (Å²) in [4.78, 5) is 26.0. The van der Waals surface area contributed by atoms with Crippen molar-refractivity contribution in [2.45, 2.75) is 71.5 Å². The highest BCUT2D eigenvalue weighted by atomic mass is 32.1. The molecule has 12 heteroatoms. The number of hydrogen-bond donors (Lipinski definition) is 0. The molecule has 0 bridgehead atoms. The SMILES string of the molecule is Cc1sc(C(=O)O[C@H](C)c2ccccc2)c(C)c1C1=C(c2c(C)sc(C(=O)O[C@H](C)c3ccccc3)c2C)C(F)(F)C(F)(F)C1(F)F. The molecule has 0 aliphatic heterocycles. The molecule has 2 atom stereocenters. The summed E-state index contributed by atoms with van der Waals surface area (Å²) in [7, 11) is 0. The van der Waals surface area contributed by atoms with Crippen LogP contribution in [0.4, 0.5) is 26.3 Å². The molecule has 248 valence electrons. The standard InChI is InChI=1S/C35H30F6O4S2/c1-17-25(21(5)46-29(17)31(42)44-19(3)23-13-9-7-10-14-23)27-28(34(38,39)35(40,41)33(27,36)37)26-18(2)30(47-22(26)6)32(43)45-20(4)24-15-11-8-12-16-24/h7-16,19-20H,1-6H3/t19-,20-/m1/s1. The fourth-order valence-electron chi connectivity index (χ4n) is 5.83. The lowest BCUT2D eigenvalue weighted by Gasteiger charge is -2.26. The van der Waals surface area contributed by atoms with E-state index in [2.05, 4.69) is 0 Å². The largest absolute Gasteiger partial charge is 0.454 e. The topological polar surface area (TPSA) is 52.6 Å². The van der Waals surface area contributed by atoms with Crippen molar-refractivity contribution in [1.82, 2.24) is 0 Å². The van der Waals surface area contributed by atoms with Crippen LogP contribution in [0.5, 0.6) is 0 Å². The molecule has 4 aromatic rings. The van der Waals surface area contributed by atoms with Crippen LogP contribution in [-0.2, 0) is 9.47 Å². The molecule has 2 heterocycles. The number of hydrogen-bond acceptors (Lipinski definition) is 6. The van der Waals surface area contributed by atoms with Crippen LogP contribution in [0.25, 0.3) is 11.1 Å². The molecule has 0 saturated heterocycles. The van der Waals surface area contributed by atoms with Gasteiger partial charge in [0.25, 0.3) is 0 Å². The molecular weight excluding hydrogens is 663 g/mol. The fraction of sp³-hybridized carbons (Fsp3) is 0.314. The quantitative estimate of drug-likeness (QED) is 0.136. The van der Waals surface area contributed by atoms with Crippen LogP contribution in [0.15, 0.2) is 60.7 Å². The Balaban J connectivity index is 1.63. The Morgan fingerprint density at radius 1 is 0.596 bits per heavy atom. The van der Waals surface area contributed by atoms with Crippen LogP contribution < -0.4 is 0 Å². The lowest BCUT2D eigenvalue weighted by molar-refractivity contribution is -0.254. The number of alkyl halides is 6. The maximum absolute atomic E-state index is 15.8. The van der Waals surface area contributed by atoms with E-state index < -0.39 is 64.2 Å². The predicted molar refractivity (Wildman–Crippen MR) is 170 cm³/mol. The van der Waals surface area contributed by atoms with Crippen molar-refractivity contribution in [2.24, 2.45) is 0 Å². The number of esters is 2. The van der Waals surface area contributed by atoms with E-state index >= 15 is 26.3 Å². The second-order valence-corrected chi connectivity index (χ2v) is 13.8. The molecule has 1 aliphatic carbocycles. The van der Waals surface area contributed by atoms with Gasteiger partial charge < -0.3 is 9.47 Å². The number of carbonyl (C=O) groups excluding carboxylic acids is 2. The molecule has 47 heavy (non-hydrogen) atoms. The summed E-state index contributed by atoms with van der Waals surface area (Å²) in [5.74, 6) is -18.3. The van der Waals surface area contributed by atoms with Crippen LogP contribution in [-0.4, -0.2) is 29.7 Å². The minimum atomic E-state index is -5.82. The van der Waals surface area contributed by atoms with Gasteiger partial charge in [-0.3, -0.25) is 0 Å².